The Morgan fingerprint density at radius 2 is 1.76 bits per heavy atom. The second-order valence-corrected chi connectivity index (χ2v) is 4.51. The van der Waals surface area contributed by atoms with Gasteiger partial charge in [0.15, 0.2) is 0 Å². The first-order valence-corrected chi connectivity index (χ1v) is 6.44. The highest BCUT2D eigenvalue weighted by molar-refractivity contribution is 5.95. The summed E-state index contributed by atoms with van der Waals surface area (Å²) >= 11 is 0. The van der Waals surface area contributed by atoms with E-state index in [9.17, 15) is 4.79 Å². The molecule has 5 nitrogen and oxygen atoms in total. The quantitative estimate of drug-likeness (QED) is 0.802. The Balaban J connectivity index is 2.35. The van der Waals surface area contributed by atoms with Gasteiger partial charge in [0.25, 0.3) is 5.56 Å². The van der Waals surface area contributed by atoms with E-state index >= 15 is 0 Å². The van der Waals surface area contributed by atoms with Crippen molar-refractivity contribution >= 4 is 10.8 Å². The number of aromatic nitrogens is 2. The molecular formula is C16H14N2O3. The number of ether oxygens (including phenoxy) is 2. The van der Waals surface area contributed by atoms with E-state index in [0.717, 1.165) is 10.9 Å². The van der Waals surface area contributed by atoms with Gasteiger partial charge in [0, 0.05) is 10.9 Å². The van der Waals surface area contributed by atoms with Gasteiger partial charge >= 0.3 is 0 Å². The summed E-state index contributed by atoms with van der Waals surface area (Å²) in [4.78, 5) is 11.9. The fourth-order valence-electron chi connectivity index (χ4n) is 2.32. The van der Waals surface area contributed by atoms with Crippen molar-refractivity contribution in [2.24, 2.45) is 0 Å². The lowest BCUT2D eigenvalue weighted by Gasteiger charge is -2.11. The SMILES string of the molecule is COc1ccc(OC)c(-c2n[nH]c(=O)c3ccccc23)c1. The van der Waals surface area contributed by atoms with Gasteiger partial charge in [-0.15, -0.1) is 0 Å². The van der Waals surface area contributed by atoms with Crippen LogP contribution in [0.5, 0.6) is 11.5 Å². The Bertz CT molecular complexity index is 856. The molecule has 3 rings (SSSR count). The van der Waals surface area contributed by atoms with Crippen molar-refractivity contribution in [2.75, 3.05) is 14.2 Å². The second kappa shape index (κ2) is 5.28. The van der Waals surface area contributed by atoms with Gasteiger partial charge in [-0.2, -0.15) is 5.10 Å². The number of fused-ring (bicyclic) bond motifs is 1. The Morgan fingerprint density at radius 3 is 2.48 bits per heavy atom. The maximum atomic E-state index is 11.9. The highest BCUT2D eigenvalue weighted by Crippen LogP contribution is 2.34. The first-order chi connectivity index (χ1) is 10.2. The standard InChI is InChI=1S/C16H14N2O3/c1-20-10-7-8-14(21-2)13(9-10)15-11-5-3-4-6-12(11)16(19)18-17-15/h3-9H,1-2H3,(H,18,19). The zero-order chi connectivity index (χ0) is 14.8. The van der Waals surface area contributed by atoms with E-state index in [1.807, 2.05) is 36.4 Å². The summed E-state index contributed by atoms with van der Waals surface area (Å²) in [6, 6.07) is 12.8. The molecule has 0 unspecified atom stereocenters. The van der Waals surface area contributed by atoms with E-state index in [1.165, 1.54) is 0 Å². The summed E-state index contributed by atoms with van der Waals surface area (Å²) in [5.41, 5.74) is 1.21. The maximum Gasteiger partial charge on any atom is 0.272 e. The Kier molecular flexibility index (Phi) is 3.31. The van der Waals surface area contributed by atoms with Crippen LogP contribution in [0.25, 0.3) is 22.0 Å². The molecule has 0 fully saturated rings. The zero-order valence-corrected chi connectivity index (χ0v) is 11.7. The molecule has 106 valence electrons. The van der Waals surface area contributed by atoms with Crippen LogP contribution in [0.15, 0.2) is 47.3 Å². The van der Waals surface area contributed by atoms with Crippen LogP contribution in [-0.2, 0) is 0 Å². The van der Waals surface area contributed by atoms with Gasteiger partial charge in [-0.1, -0.05) is 18.2 Å². The molecule has 1 aromatic heterocycles. The van der Waals surface area contributed by atoms with E-state index < -0.39 is 0 Å². The molecule has 0 amide bonds. The van der Waals surface area contributed by atoms with Gasteiger partial charge in [0.05, 0.1) is 19.6 Å². The minimum Gasteiger partial charge on any atom is -0.497 e. The molecule has 0 saturated heterocycles. The number of hydrogen-bond acceptors (Lipinski definition) is 4. The Labute approximate surface area is 121 Å². The first kappa shape index (κ1) is 13.2. The van der Waals surface area contributed by atoms with Crippen molar-refractivity contribution in [2.45, 2.75) is 0 Å². The van der Waals surface area contributed by atoms with Crippen LogP contribution in [0, 0.1) is 0 Å². The van der Waals surface area contributed by atoms with E-state index in [-0.39, 0.29) is 5.56 Å². The summed E-state index contributed by atoms with van der Waals surface area (Å²) in [5, 5.41) is 8.08. The summed E-state index contributed by atoms with van der Waals surface area (Å²) in [7, 11) is 3.20. The molecule has 1 N–H and O–H groups in total. The lowest BCUT2D eigenvalue weighted by atomic mass is 10.0. The number of hydrogen-bond donors (Lipinski definition) is 1. The number of benzene rings is 2. The normalized spacial score (nSPS) is 10.6. The van der Waals surface area contributed by atoms with Crippen molar-refractivity contribution in [3.63, 3.8) is 0 Å². The van der Waals surface area contributed by atoms with Gasteiger partial charge in [0.2, 0.25) is 0 Å². The minimum absolute atomic E-state index is 0.212. The average molecular weight is 282 g/mol. The largest absolute Gasteiger partial charge is 0.497 e. The average Bonchev–Trinajstić information content (AvgIpc) is 2.55. The molecule has 5 heteroatoms. The third kappa shape index (κ3) is 2.23. The molecule has 0 aliphatic heterocycles. The van der Waals surface area contributed by atoms with Crippen molar-refractivity contribution < 1.29 is 9.47 Å². The number of nitrogens with zero attached hydrogens (tertiary/aromatic N) is 1. The molecule has 0 saturated carbocycles. The summed E-state index contributed by atoms with van der Waals surface area (Å²) in [6.07, 6.45) is 0. The Hall–Kier alpha value is -2.82. The third-order valence-corrected chi connectivity index (χ3v) is 3.36. The van der Waals surface area contributed by atoms with Crippen molar-refractivity contribution in [1.29, 1.82) is 0 Å². The van der Waals surface area contributed by atoms with E-state index in [2.05, 4.69) is 10.2 Å². The second-order valence-electron chi connectivity index (χ2n) is 4.51. The molecule has 21 heavy (non-hydrogen) atoms. The van der Waals surface area contributed by atoms with Crippen LogP contribution in [0.1, 0.15) is 0 Å². The summed E-state index contributed by atoms with van der Waals surface area (Å²) < 4.78 is 10.6. The number of methoxy groups -OCH3 is 2. The molecule has 2 aromatic carbocycles. The van der Waals surface area contributed by atoms with Gasteiger partial charge in [-0.25, -0.2) is 5.10 Å². The van der Waals surface area contributed by atoms with Gasteiger partial charge < -0.3 is 9.47 Å². The zero-order valence-electron chi connectivity index (χ0n) is 11.7. The molecule has 3 aromatic rings. The lowest BCUT2D eigenvalue weighted by Crippen LogP contribution is -2.09. The number of aromatic amines is 1. The number of rotatable bonds is 3. The van der Waals surface area contributed by atoms with E-state index in [1.54, 1.807) is 20.3 Å². The van der Waals surface area contributed by atoms with Crippen molar-refractivity contribution in [3.05, 3.63) is 52.8 Å². The third-order valence-electron chi connectivity index (χ3n) is 3.36. The molecule has 0 spiro atoms. The number of H-pyrrole nitrogens is 1. The molecule has 0 atom stereocenters. The van der Waals surface area contributed by atoms with Crippen molar-refractivity contribution in [3.8, 4) is 22.8 Å². The van der Waals surface area contributed by atoms with Crippen LogP contribution in [-0.4, -0.2) is 24.4 Å². The van der Waals surface area contributed by atoms with E-state index in [0.29, 0.717) is 22.6 Å². The van der Waals surface area contributed by atoms with Gasteiger partial charge in [0.1, 0.15) is 17.2 Å². The topological polar surface area (TPSA) is 64.2 Å². The van der Waals surface area contributed by atoms with Gasteiger partial charge in [-0.05, 0) is 24.3 Å². The minimum atomic E-state index is -0.212. The molecule has 0 aliphatic carbocycles. The molecule has 0 radical (unpaired) electrons. The van der Waals surface area contributed by atoms with Crippen LogP contribution in [0.4, 0.5) is 0 Å². The smallest absolute Gasteiger partial charge is 0.272 e. The van der Waals surface area contributed by atoms with Gasteiger partial charge in [-0.3, -0.25) is 4.79 Å². The summed E-state index contributed by atoms with van der Waals surface area (Å²) in [5.74, 6) is 1.36. The van der Waals surface area contributed by atoms with Crippen molar-refractivity contribution in [1.82, 2.24) is 10.2 Å². The number of nitrogens with one attached hydrogen (secondary N) is 1. The van der Waals surface area contributed by atoms with Crippen LogP contribution >= 0.6 is 0 Å². The molecular weight excluding hydrogens is 268 g/mol. The first-order valence-electron chi connectivity index (χ1n) is 6.44. The van der Waals surface area contributed by atoms with Crippen LogP contribution < -0.4 is 15.0 Å². The van der Waals surface area contributed by atoms with Crippen LogP contribution in [0.2, 0.25) is 0 Å². The highest BCUT2D eigenvalue weighted by atomic mass is 16.5. The van der Waals surface area contributed by atoms with Crippen LogP contribution in [0.3, 0.4) is 0 Å². The highest BCUT2D eigenvalue weighted by Gasteiger charge is 2.13. The fraction of sp³-hybridized carbons (Fsp3) is 0.125. The molecule has 0 aliphatic rings. The predicted octanol–water partition coefficient (Wildman–Crippen LogP) is 2.61. The predicted molar refractivity (Wildman–Crippen MR) is 80.9 cm³/mol. The van der Waals surface area contributed by atoms with E-state index in [4.69, 9.17) is 9.47 Å². The maximum absolute atomic E-state index is 11.9. The summed E-state index contributed by atoms with van der Waals surface area (Å²) in [6.45, 7) is 0. The molecule has 1 heterocycles. The lowest BCUT2D eigenvalue weighted by molar-refractivity contribution is 0.404. The molecule has 0 bridgehead atoms. The monoisotopic (exact) mass is 282 g/mol. The fourth-order valence-corrected chi connectivity index (χ4v) is 2.32. The Morgan fingerprint density at radius 1 is 1.00 bits per heavy atom.